The van der Waals surface area contributed by atoms with Gasteiger partial charge in [0.2, 0.25) is 11.1 Å². The van der Waals surface area contributed by atoms with E-state index >= 15 is 0 Å². The number of nitrogens with one attached hydrogen (secondary N) is 1. The molecule has 0 spiro atoms. The Labute approximate surface area is 146 Å². The highest BCUT2D eigenvalue weighted by molar-refractivity contribution is 7.99. The maximum Gasteiger partial charge on any atom is 0.233 e. The third kappa shape index (κ3) is 3.90. The summed E-state index contributed by atoms with van der Waals surface area (Å²) in [5.74, 6) is 2.04. The van der Waals surface area contributed by atoms with Crippen molar-refractivity contribution in [1.82, 2.24) is 20.1 Å². The van der Waals surface area contributed by atoms with Gasteiger partial charge in [-0.25, -0.2) is 4.98 Å². The van der Waals surface area contributed by atoms with E-state index in [1.165, 1.54) is 18.2 Å². The van der Waals surface area contributed by atoms with Gasteiger partial charge in [0.15, 0.2) is 5.82 Å². The molecule has 2 aromatic rings. The van der Waals surface area contributed by atoms with Crippen molar-refractivity contribution in [1.29, 1.82) is 0 Å². The van der Waals surface area contributed by atoms with Gasteiger partial charge in [0.1, 0.15) is 5.75 Å². The number of carbonyl (C=O) groups is 1. The molecule has 1 amide bonds. The number of hydrogen-bond acceptors (Lipinski definition) is 5. The fourth-order valence-electron chi connectivity index (χ4n) is 2.87. The zero-order valence-corrected chi connectivity index (χ0v) is 14.8. The van der Waals surface area contributed by atoms with Crippen molar-refractivity contribution in [3.8, 4) is 17.1 Å². The first-order valence-corrected chi connectivity index (χ1v) is 9.15. The van der Waals surface area contributed by atoms with Crippen LogP contribution < -0.4 is 4.74 Å². The van der Waals surface area contributed by atoms with Crippen molar-refractivity contribution < 1.29 is 9.53 Å². The van der Waals surface area contributed by atoms with E-state index in [1.807, 2.05) is 29.2 Å². The zero-order valence-electron chi connectivity index (χ0n) is 14.0. The molecule has 1 fully saturated rings. The largest absolute Gasteiger partial charge is 0.497 e. The molecule has 0 aliphatic carbocycles. The molecule has 1 aliphatic rings. The van der Waals surface area contributed by atoms with E-state index in [0.29, 0.717) is 22.8 Å². The molecule has 0 unspecified atom stereocenters. The number of methoxy groups -OCH3 is 1. The SMILES string of the molecule is COc1ccc(-c2nc(SCC(=O)N3CCCC[C@H]3C)n[nH]2)cc1. The fraction of sp³-hybridized carbons (Fsp3) is 0.471. The third-order valence-electron chi connectivity index (χ3n) is 4.28. The summed E-state index contributed by atoms with van der Waals surface area (Å²) in [6.45, 7) is 2.99. The summed E-state index contributed by atoms with van der Waals surface area (Å²) in [5.41, 5.74) is 0.936. The van der Waals surface area contributed by atoms with Crippen LogP contribution in [0.5, 0.6) is 5.75 Å². The number of ether oxygens (including phenoxy) is 1. The minimum atomic E-state index is 0.169. The van der Waals surface area contributed by atoms with Crippen LogP contribution in [0.25, 0.3) is 11.4 Å². The first-order valence-electron chi connectivity index (χ1n) is 8.16. The number of rotatable bonds is 5. The van der Waals surface area contributed by atoms with Crippen molar-refractivity contribution in [3.05, 3.63) is 24.3 Å². The van der Waals surface area contributed by atoms with E-state index < -0.39 is 0 Å². The molecule has 7 heteroatoms. The van der Waals surface area contributed by atoms with Crippen molar-refractivity contribution in [3.63, 3.8) is 0 Å². The first-order chi connectivity index (χ1) is 11.7. The van der Waals surface area contributed by atoms with Crippen molar-refractivity contribution in [2.45, 2.75) is 37.4 Å². The summed E-state index contributed by atoms with van der Waals surface area (Å²) in [6, 6.07) is 7.95. The molecule has 128 valence electrons. The van der Waals surface area contributed by atoms with Gasteiger partial charge in [-0.05, 0) is 50.5 Å². The van der Waals surface area contributed by atoms with Gasteiger partial charge in [0.05, 0.1) is 12.9 Å². The predicted molar refractivity (Wildman–Crippen MR) is 94.1 cm³/mol. The lowest BCUT2D eigenvalue weighted by molar-refractivity contribution is -0.131. The second-order valence-electron chi connectivity index (χ2n) is 5.92. The Morgan fingerprint density at radius 2 is 2.17 bits per heavy atom. The molecule has 3 rings (SSSR count). The van der Waals surface area contributed by atoms with E-state index in [4.69, 9.17) is 4.74 Å². The smallest absolute Gasteiger partial charge is 0.233 e. The van der Waals surface area contributed by atoms with E-state index in [9.17, 15) is 4.79 Å². The maximum atomic E-state index is 12.4. The molecular weight excluding hydrogens is 324 g/mol. The van der Waals surface area contributed by atoms with Crippen LogP contribution in [0.1, 0.15) is 26.2 Å². The summed E-state index contributed by atoms with van der Waals surface area (Å²) in [5, 5.41) is 7.72. The second kappa shape index (κ2) is 7.70. The van der Waals surface area contributed by atoms with Crippen LogP contribution in [0, 0.1) is 0 Å². The highest BCUT2D eigenvalue weighted by atomic mass is 32.2. The molecule has 0 bridgehead atoms. The molecule has 24 heavy (non-hydrogen) atoms. The first kappa shape index (κ1) is 16.8. The minimum Gasteiger partial charge on any atom is -0.497 e. The maximum absolute atomic E-state index is 12.4. The number of carbonyl (C=O) groups excluding carboxylic acids is 1. The van der Waals surface area contributed by atoms with E-state index in [0.717, 1.165) is 30.7 Å². The average Bonchev–Trinajstić information content (AvgIpc) is 3.09. The average molecular weight is 346 g/mol. The highest BCUT2D eigenvalue weighted by Crippen LogP contribution is 2.23. The summed E-state index contributed by atoms with van der Waals surface area (Å²) in [4.78, 5) is 18.8. The minimum absolute atomic E-state index is 0.169. The fourth-order valence-corrected chi connectivity index (χ4v) is 3.55. The molecule has 1 aromatic carbocycles. The van der Waals surface area contributed by atoms with Crippen LogP contribution in [0.3, 0.4) is 0 Å². The lowest BCUT2D eigenvalue weighted by atomic mass is 10.0. The Balaban J connectivity index is 1.58. The van der Waals surface area contributed by atoms with Gasteiger partial charge >= 0.3 is 0 Å². The Hall–Kier alpha value is -2.02. The second-order valence-corrected chi connectivity index (χ2v) is 6.86. The summed E-state index contributed by atoms with van der Waals surface area (Å²) < 4.78 is 5.15. The monoisotopic (exact) mass is 346 g/mol. The van der Waals surface area contributed by atoms with Gasteiger partial charge in [-0.3, -0.25) is 9.89 Å². The summed E-state index contributed by atoms with van der Waals surface area (Å²) >= 11 is 1.38. The van der Waals surface area contributed by atoms with Crippen LogP contribution >= 0.6 is 11.8 Å². The molecule has 0 radical (unpaired) electrons. The number of benzene rings is 1. The quantitative estimate of drug-likeness (QED) is 0.843. The molecule has 0 saturated carbocycles. The number of aromatic amines is 1. The third-order valence-corrected chi connectivity index (χ3v) is 5.11. The van der Waals surface area contributed by atoms with Gasteiger partial charge in [-0.15, -0.1) is 5.10 Å². The number of likely N-dealkylation sites (tertiary alicyclic amines) is 1. The lowest BCUT2D eigenvalue weighted by Crippen LogP contribution is -2.42. The summed E-state index contributed by atoms with van der Waals surface area (Å²) in [7, 11) is 1.64. The number of hydrogen-bond donors (Lipinski definition) is 1. The Morgan fingerprint density at radius 3 is 2.88 bits per heavy atom. The molecule has 1 saturated heterocycles. The molecule has 2 heterocycles. The normalized spacial score (nSPS) is 17.8. The molecule has 1 aromatic heterocycles. The lowest BCUT2D eigenvalue weighted by Gasteiger charge is -2.33. The van der Waals surface area contributed by atoms with Gasteiger partial charge < -0.3 is 9.64 Å². The number of amides is 1. The Bertz CT molecular complexity index is 686. The molecular formula is C17H22N4O2S. The molecule has 6 nitrogen and oxygen atoms in total. The van der Waals surface area contributed by atoms with Crippen LogP contribution in [0.2, 0.25) is 0 Å². The van der Waals surface area contributed by atoms with E-state index in [2.05, 4.69) is 22.1 Å². The van der Waals surface area contributed by atoms with E-state index in [-0.39, 0.29) is 5.91 Å². The van der Waals surface area contributed by atoms with Gasteiger partial charge in [0, 0.05) is 18.2 Å². The van der Waals surface area contributed by atoms with Gasteiger partial charge in [-0.1, -0.05) is 11.8 Å². The number of piperidine rings is 1. The molecule has 1 atom stereocenters. The van der Waals surface area contributed by atoms with E-state index in [1.54, 1.807) is 7.11 Å². The molecule has 1 aliphatic heterocycles. The van der Waals surface area contributed by atoms with Crippen LogP contribution in [-0.4, -0.2) is 51.4 Å². The van der Waals surface area contributed by atoms with Gasteiger partial charge in [-0.2, -0.15) is 0 Å². The molecule has 1 N–H and O–H groups in total. The van der Waals surface area contributed by atoms with Crippen molar-refractivity contribution in [2.75, 3.05) is 19.4 Å². The number of aromatic nitrogens is 3. The standard InChI is InChI=1S/C17H22N4O2S/c1-12-5-3-4-10-21(12)15(22)11-24-17-18-16(19-20-17)13-6-8-14(23-2)9-7-13/h6-9,12H,3-5,10-11H2,1-2H3,(H,18,19,20)/t12-/m1/s1. The number of H-pyrrole nitrogens is 1. The Kier molecular flexibility index (Phi) is 5.40. The van der Waals surface area contributed by atoms with Crippen molar-refractivity contribution >= 4 is 17.7 Å². The highest BCUT2D eigenvalue weighted by Gasteiger charge is 2.23. The predicted octanol–water partition coefficient (Wildman–Crippen LogP) is 2.97. The summed E-state index contributed by atoms with van der Waals surface area (Å²) in [6.07, 6.45) is 3.41. The number of thioether (sulfide) groups is 1. The Morgan fingerprint density at radius 1 is 1.38 bits per heavy atom. The van der Waals surface area contributed by atoms with Gasteiger partial charge in [0.25, 0.3) is 0 Å². The zero-order chi connectivity index (χ0) is 16.9. The van der Waals surface area contributed by atoms with Crippen molar-refractivity contribution in [2.24, 2.45) is 0 Å². The number of nitrogens with zero attached hydrogens (tertiary/aromatic N) is 3. The van der Waals surface area contributed by atoms with Crippen LogP contribution in [-0.2, 0) is 4.79 Å². The van der Waals surface area contributed by atoms with Crippen LogP contribution in [0.4, 0.5) is 0 Å². The van der Waals surface area contributed by atoms with Crippen LogP contribution in [0.15, 0.2) is 29.4 Å². The topological polar surface area (TPSA) is 71.1 Å².